The number of benzene rings is 1. The molecule has 0 spiro atoms. The summed E-state index contributed by atoms with van der Waals surface area (Å²) in [6.45, 7) is 1.76. The number of nitrogens with zero attached hydrogens (tertiary/aromatic N) is 1. The first-order chi connectivity index (χ1) is 7.80. The molecule has 2 N–H and O–H groups in total. The molecule has 0 bridgehead atoms. The first kappa shape index (κ1) is 9.87. The van der Waals surface area contributed by atoms with Gasteiger partial charge in [-0.05, 0) is 30.6 Å². The molecule has 0 radical (unpaired) electrons. The van der Waals surface area contributed by atoms with Crippen LogP contribution in [0.2, 0.25) is 0 Å². The van der Waals surface area contributed by atoms with Crippen molar-refractivity contribution in [1.29, 1.82) is 0 Å². The fourth-order valence-electron chi connectivity index (χ4n) is 2.51. The largest absolute Gasteiger partial charge is 0.370 e. The molecule has 0 atom stereocenters. The fourth-order valence-corrected chi connectivity index (χ4v) is 2.51. The molecule has 2 heterocycles. The molecule has 1 aromatic heterocycles. The topological polar surface area (TPSA) is 37.2 Å². The van der Waals surface area contributed by atoms with Crippen LogP contribution in [0.3, 0.4) is 0 Å². The maximum absolute atomic E-state index is 10.7. The van der Waals surface area contributed by atoms with E-state index in [2.05, 4.69) is 23.5 Å². The molecule has 1 aliphatic heterocycles. The second-order valence-corrected chi connectivity index (χ2v) is 4.48. The van der Waals surface area contributed by atoms with Crippen LogP contribution in [0, 0.1) is 0 Å². The van der Waals surface area contributed by atoms with Crippen molar-refractivity contribution in [3.05, 3.63) is 36.5 Å². The number of piperidine rings is 1. The summed E-state index contributed by atoms with van der Waals surface area (Å²) >= 11 is 0. The summed E-state index contributed by atoms with van der Waals surface area (Å²) < 4.78 is 2.02. The van der Waals surface area contributed by atoms with Crippen molar-refractivity contribution in [2.45, 2.75) is 18.6 Å². The lowest BCUT2D eigenvalue weighted by Gasteiger charge is -2.34. The fraction of sp³-hybridized carbons (Fsp3) is 0.385. The number of hydrogen-bond donors (Lipinski definition) is 2. The van der Waals surface area contributed by atoms with E-state index in [9.17, 15) is 5.11 Å². The Morgan fingerprint density at radius 2 is 1.88 bits per heavy atom. The van der Waals surface area contributed by atoms with Gasteiger partial charge in [0, 0.05) is 19.0 Å². The summed E-state index contributed by atoms with van der Waals surface area (Å²) in [6.07, 6.45) is 3.54. The van der Waals surface area contributed by atoms with Gasteiger partial charge in [0.25, 0.3) is 0 Å². The van der Waals surface area contributed by atoms with Crippen LogP contribution in [-0.4, -0.2) is 22.8 Å². The van der Waals surface area contributed by atoms with Gasteiger partial charge in [-0.1, -0.05) is 18.2 Å². The van der Waals surface area contributed by atoms with E-state index in [0.717, 1.165) is 31.4 Å². The zero-order valence-electron chi connectivity index (χ0n) is 9.19. The highest BCUT2D eigenvalue weighted by molar-refractivity contribution is 5.80. The minimum atomic E-state index is -0.714. The lowest BCUT2D eigenvalue weighted by molar-refractivity contribution is -0.0597. The average Bonchev–Trinajstić information content (AvgIpc) is 2.74. The smallest absolute Gasteiger partial charge is 0.144 e. The van der Waals surface area contributed by atoms with Crippen molar-refractivity contribution in [1.82, 2.24) is 9.88 Å². The van der Waals surface area contributed by atoms with Gasteiger partial charge in [0.1, 0.15) is 5.72 Å². The minimum absolute atomic E-state index is 0.714. The highest BCUT2D eigenvalue weighted by atomic mass is 16.3. The normalized spacial score (nSPS) is 20.1. The predicted molar refractivity (Wildman–Crippen MR) is 64.2 cm³/mol. The van der Waals surface area contributed by atoms with E-state index >= 15 is 0 Å². The van der Waals surface area contributed by atoms with Crippen molar-refractivity contribution >= 4 is 10.9 Å². The maximum atomic E-state index is 10.7. The van der Waals surface area contributed by atoms with E-state index in [1.807, 2.05) is 22.9 Å². The van der Waals surface area contributed by atoms with Gasteiger partial charge in [-0.2, -0.15) is 0 Å². The Morgan fingerprint density at radius 1 is 1.12 bits per heavy atom. The SMILES string of the molecule is OC1(n2ccc3ccccc32)CCNCC1. The minimum Gasteiger partial charge on any atom is -0.370 e. The van der Waals surface area contributed by atoms with Gasteiger partial charge in [0.05, 0.1) is 5.52 Å². The zero-order valence-corrected chi connectivity index (χ0v) is 9.19. The molecule has 1 aliphatic rings. The van der Waals surface area contributed by atoms with Gasteiger partial charge < -0.3 is 15.0 Å². The number of para-hydroxylation sites is 1. The van der Waals surface area contributed by atoms with E-state index in [0.29, 0.717) is 0 Å². The standard InChI is InChI=1S/C13H16N2O/c16-13(6-8-14-9-7-13)15-10-5-11-3-1-2-4-12(11)15/h1-5,10,14,16H,6-9H2. The van der Waals surface area contributed by atoms with Crippen LogP contribution in [0.25, 0.3) is 10.9 Å². The molecule has 2 aromatic rings. The zero-order chi connectivity index (χ0) is 11.0. The second kappa shape index (κ2) is 3.61. The molecule has 1 saturated heterocycles. The maximum Gasteiger partial charge on any atom is 0.144 e. The first-order valence-corrected chi connectivity index (χ1v) is 5.79. The van der Waals surface area contributed by atoms with Gasteiger partial charge in [-0.25, -0.2) is 0 Å². The van der Waals surface area contributed by atoms with Crippen molar-refractivity contribution in [2.75, 3.05) is 13.1 Å². The van der Waals surface area contributed by atoms with Crippen molar-refractivity contribution in [3.63, 3.8) is 0 Å². The Balaban J connectivity index is 2.11. The molecule has 3 nitrogen and oxygen atoms in total. The number of aromatic nitrogens is 1. The van der Waals surface area contributed by atoms with Crippen LogP contribution in [0.5, 0.6) is 0 Å². The van der Waals surface area contributed by atoms with Gasteiger partial charge in [0.2, 0.25) is 0 Å². The molecule has 3 rings (SSSR count). The van der Waals surface area contributed by atoms with Crippen LogP contribution in [0.1, 0.15) is 12.8 Å². The third kappa shape index (κ3) is 1.44. The molecule has 0 saturated carbocycles. The molecule has 0 unspecified atom stereocenters. The third-order valence-electron chi connectivity index (χ3n) is 3.45. The number of aliphatic hydroxyl groups is 1. The van der Waals surface area contributed by atoms with Gasteiger partial charge in [-0.3, -0.25) is 0 Å². The Labute approximate surface area is 94.7 Å². The summed E-state index contributed by atoms with van der Waals surface area (Å²) in [4.78, 5) is 0. The van der Waals surface area contributed by atoms with E-state index in [4.69, 9.17) is 0 Å². The number of nitrogens with one attached hydrogen (secondary N) is 1. The summed E-state index contributed by atoms with van der Waals surface area (Å²) in [5.74, 6) is 0. The molecule has 0 aliphatic carbocycles. The van der Waals surface area contributed by atoms with E-state index in [1.54, 1.807) is 0 Å². The lowest BCUT2D eigenvalue weighted by atomic mass is 10.0. The van der Waals surface area contributed by atoms with E-state index < -0.39 is 5.72 Å². The first-order valence-electron chi connectivity index (χ1n) is 5.79. The summed E-state index contributed by atoms with van der Waals surface area (Å²) in [5, 5.41) is 15.1. The van der Waals surface area contributed by atoms with E-state index in [-0.39, 0.29) is 0 Å². The molecule has 0 amide bonds. The van der Waals surface area contributed by atoms with Crippen LogP contribution in [0.4, 0.5) is 0 Å². The van der Waals surface area contributed by atoms with Gasteiger partial charge >= 0.3 is 0 Å². The molecular weight excluding hydrogens is 200 g/mol. The third-order valence-corrected chi connectivity index (χ3v) is 3.45. The van der Waals surface area contributed by atoms with Crippen molar-refractivity contribution in [3.8, 4) is 0 Å². The van der Waals surface area contributed by atoms with E-state index in [1.165, 1.54) is 5.39 Å². The molecule has 1 aromatic carbocycles. The lowest BCUT2D eigenvalue weighted by Crippen LogP contribution is -2.43. The van der Waals surface area contributed by atoms with Crippen LogP contribution in [-0.2, 0) is 5.72 Å². The molecule has 3 heteroatoms. The number of rotatable bonds is 1. The molecule has 84 valence electrons. The quantitative estimate of drug-likeness (QED) is 0.761. The summed E-state index contributed by atoms with van der Waals surface area (Å²) in [6, 6.07) is 10.3. The highest BCUT2D eigenvalue weighted by Crippen LogP contribution is 2.29. The number of hydrogen-bond acceptors (Lipinski definition) is 2. The Morgan fingerprint density at radius 3 is 2.69 bits per heavy atom. The van der Waals surface area contributed by atoms with Gasteiger partial charge in [0.15, 0.2) is 0 Å². The van der Waals surface area contributed by atoms with Crippen molar-refractivity contribution < 1.29 is 5.11 Å². The summed E-state index contributed by atoms with van der Waals surface area (Å²) in [7, 11) is 0. The monoisotopic (exact) mass is 216 g/mol. The summed E-state index contributed by atoms with van der Waals surface area (Å²) in [5.41, 5.74) is 0.404. The molecule has 16 heavy (non-hydrogen) atoms. The van der Waals surface area contributed by atoms with Crippen LogP contribution in [0.15, 0.2) is 36.5 Å². The molecular formula is C13H16N2O. The second-order valence-electron chi connectivity index (χ2n) is 4.48. The average molecular weight is 216 g/mol. The van der Waals surface area contributed by atoms with Crippen LogP contribution < -0.4 is 5.32 Å². The predicted octanol–water partition coefficient (Wildman–Crippen LogP) is 1.67. The van der Waals surface area contributed by atoms with Gasteiger partial charge in [-0.15, -0.1) is 0 Å². The van der Waals surface area contributed by atoms with Crippen LogP contribution >= 0.6 is 0 Å². The molecule has 1 fully saturated rings. The van der Waals surface area contributed by atoms with Crippen molar-refractivity contribution in [2.24, 2.45) is 0 Å². The highest BCUT2D eigenvalue weighted by Gasteiger charge is 2.31. The Kier molecular flexibility index (Phi) is 2.23. The Bertz CT molecular complexity index is 497. The Hall–Kier alpha value is -1.32. The number of fused-ring (bicyclic) bond motifs is 1.